The van der Waals surface area contributed by atoms with Gasteiger partial charge in [0, 0.05) is 43.3 Å². The molecule has 6 nitrogen and oxygen atoms in total. The molecule has 3 N–H and O–H groups in total. The highest BCUT2D eigenvalue weighted by Crippen LogP contribution is 2.49. The van der Waals surface area contributed by atoms with Gasteiger partial charge >= 0.3 is 0 Å². The summed E-state index contributed by atoms with van der Waals surface area (Å²) in [5.74, 6) is -2.32. The first-order chi connectivity index (χ1) is 15.8. The number of rotatable bonds is 7. The fraction of sp³-hybridized carbons (Fsp3) is 0.240. The molecular weight excluding hydrogens is 426 g/mol. The fourth-order valence-corrected chi connectivity index (χ4v) is 3.91. The summed E-state index contributed by atoms with van der Waals surface area (Å²) in [6.45, 7) is 0.243. The van der Waals surface area contributed by atoms with Gasteiger partial charge in [0.2, 0.25) is 5.91 Å². The number of halogens is 2. The van der Waals surface area contributed by atoms with Gasteiger partial charge in [0.15, 0.2) is 11.6 Å². The Balaban J connectivity index is 1.39. The summed E-state index contributed by atoms with van der Waals surface area (Å²) >= 11 is 0. The van der Waals surface area contributed by atoms with E-state index in [2.05, 4.69) is 10.3 Å². The van der Waals surface area contributed by atoms with Gasteiger partial charge in [-0.2, -0.15) is 0 Å². The van der Waals surface area contributed by atoms with Crippen LogP contribution < -0.4 is 11.1 Å². The van der Waals surface area contributed by atoms with Gasteiger partial charge in [-0.3, -0.25) is 14.6 Å². The molecule has 0 spiro atoms. The van der Waals surface area contributed by atoms with E-state index in [0.29, 0.717) is 29.7 Å². The van der Waals surface area contributed by atoms with Crippen molar-refractivity contribution in [2.75, 3.05) is 18.9 Å². The van der Waals surface area contributed by atoms with Gasteiger partial charge in [0.1, 0.15) is 0 Å². The van der Waals surface area contributed by atoms with E-state index in [1.54, 1.807) is 55.8 Å². The zero-order valence-electron chi connectivity index (χ0n) is 18.1. The maximum absolute atomic E-state index is 13.7. The Morgan fingerprint density at radius 1 is 1.06 bits per heavy atom. The number of carbonyl (C=O) groups is 2. The number of hydrogen-bond acceptors (Lipinski definition) is 4. The molecule has 1 aliphatic rings. The molecule has 1 unspecified atom stereocenters. The summed E-state index contributed by atoms with van der Waals surface area (Å²) in [5, 5.41) is 2.79. The molecule has 1 heterocycles. The van der Waals surface area contributed by atoms with E-state index < -0.39 is 23.1 Å². The Bertz CT molecular complexity index is 1160. The average Bonchev–Trinajstić information content (AvgIpc) is 3.63. The Kier molecular flexibility index (Phi) is 6.20. The molecule has 2 amide bonds. The van der Waals surface area contributed by atoms with Crippen LogP contribution >= 0.6 is 0 Å². The molecule has 1 saturated carbocycles. The highest BCUT2D eigenvalue weighted by atomic mass is 19.2. The summed E-state index contributed by atoms with van der Waals surface area (Å²) < 4.78 is 27.0. The molecule has 1 atom stereocenters. The second-order valence-electron chi connectivity index (χ2n) is 8.32. The Morgan fingerprint density at radius 3 is 2.33 bits per heavy atom. The number of amides is 2. The number of nitrogens with two attached hydrogens (primary N) is 1. The highest BCUT2D eigenvalue weighted by Gasteiger charge is 2.52. The number of likely N-dealkylation sites (N-methyl/N-ethyl adjacent to an activating group) is 1. The maximum atomic E-state index is 13.7. The first-order valence-electron chi connectivity index (χ1n) is 10.6. The molecule has 33 heavy (non-hydrogen) atoms. The van der Waals surface area contributed by atoms with Gasteiger partial charge in [0.25, 0.3) is 5.91 Å². The number of anilines is 1. The van der Waals surface area contributed by atoms with E-state index in [1.165, 1.54) is 11.0 Å². The topological polar surface area (TPSA) is 88.3 Å². The lowest BCUT2D eigenvalue weighted by molar-refractivity contribution is -0.132. The Hall–Kier alpha value is -3.65. The predicted molar refractivity (Wildman–Crippen MR) is 120 cm³/mol. The summed E-state index contributed by atoms with van der Waals surface area (Å²) in [7, 11) is 1.65. The van der Waals surface area contributed by atoms with E-state index in [1.807, 2.05) is 0 Å². The summed E-state index contributed by atoms with van der Waals surface area (Å²) in [5.41, 5.74) is 7.87. The van der Waals surface area contributed by atoms with E-state index >= 15 is 0 Å². The van der Waals surface area contributed by atoms with Crippen LogP contribution in [0, 0.1) is 11.6 Å². The first-order valence-corrected chi connectivity index (χ1v) is 10.6. The van der Waals surface area contributed by atoms with Gasteiger partial charge in [-0.05, 0) is 60.4 Å². The Labute approximate surface area is 190 Å². The van der Waals surface area contributed by atoms with Crippen molar-refractivity contribution in [2.45, 2.75) is 24.3 Å². The van der Waals surface area contributed by atoms with Crippen LogP contribution in [0.25, 0.3) is 0 Å². The van der Waals surface area contributed by atoms with Crippen LogP contribution in [0.15, 0.2) is 67.0 Å². The minimum atomic E-state index is -0.959. The van der Waals surface area contributed by atoms with Crippen LogP contribution in [0.1, 0.15) is 40.4 Å². The molecular formula is C25H24F2N4O2. The first kappa shape index (κ1) is 22.5. The minimum absolute atomic E-state index is 0.169. The number of benzene rings is 2. The molecule has 0 bridgehead atoms. The van der Waals surface area contributed by atoms with E-state index in [4.69, 9.17) is 5.73 Å². The number of nitrogens with zero attached hydrogens (tertiary/aromatic N) is 2. The monoisotopic (exact) mass is 450 g/mol. The smallest absolute Gasteiger partial charge is 0.255 e. The second-order valence-corrected chi connectivity index (χ2v) is 8.32. The molecule has 1 fully saturated rings. The van der Waals surface area contributed by atoms with E-state index in [9.17, 15) is 18.4 Å². The molecule has 170 valence electrons. The Morgan fingerprint density at radius 2 is 1.73 bits per heavy atom. The third-order valence-corrected chi connectivity index (χ3v) is 5.99. The van der Waals surface area contributed by atoms with Crippen molar-refractivity contribution >= 4 is 17.5 Å². The van der Waals surface area contributed by atoms with Crippen molar-refractivity contribution in [1.82, 2.24) is 9.88 Å². The highest BCUT2D eigenvalue weighted by molar-refractivity contribution is 6.04. The molecule has 3 aromatic rings. The standard InChI is InChI=1S/C25H24F2N4O2/c1-31(24(33)25(10-11-25)18-6-7-20(26)21(27)14-18)15-22(28)16-2-4-17(5-3-16)23(32)30-19-8-12-29-13-9-19/h2-9,12-14,22H,10-11,15,28H2,1H3,(H,29,30,32). The fourth-order valence-electron chi connectivity index (χ4n) is 3.91. The van der Waals surface area contributed by atoms with Gasteiger partial charge in [0.05, 0.1) is 5.41 Å². The lowest BCUT2D eigenvalue weighted by atomic mass is 9.93. The number of aromatic nitrogens is 1. The van der Waals surface area contributed by atoms with Gasteiger partial charge in [-0.25, -0.2) is 8.78 Å². The van der Waals surface area contributed by atoms with Crippen LogP contribution in [0.4, 0.5) is 14.5 Å². The van der Waals surface area contributed by atoms with Crippen LogP contribution in [0.3, 0.4) is 0 Å². The molecule has 1 aromatic heterocycles. The summed E-state index contributed by atoms with van der Waals surface area (Å²) in [6.07, 6.45) is 4.34. The third kappa shape index (κ3) is 4.75. The molecule has 8 heteroatoms. The average molecular weight is 450 g/mol. The van der Waals surface area contributed by atoms with Crippen molar-refractivity contribution in [1.29, 1.82) is 0 Å². The van der Waals surface area contributed by atoms with Crippen molar-refractivity contribution in [2.24, 2.45) is 5.73 Å². The van der Waals surface area contributed by atoms with Crippen molar-refractivity contribution < 1.29 is 18.4 Å². The maximum Gasteiger partial charge on any atom is 0.255 e. The molecule has 0 aliphatic heterocycles. The normalized spacial score (nSPS) is 14.9. The van der Waals surface area contributed by atoms with Crippen LogP contribution in [0.5, 0.6) is 0 Å². The quantitative estimate of drug-likeness (QED) is 0.573. The number of carbonyl (C=O) groups excluding carboxylic acids is 2. The second kappa shape index (κ2) is 9.07. The SMILES string of the molecule is CN(CC(N)c1ccc(C(=O)Nc2ccncc2)cc1)C(=O)C1(c2ccc(F)c(F)c2)CC1. The zero-order valence-corrected chi connectivity index (χ0v) is 18.1. The number of hydrogen-bond donors (Lipinski definition) is 2. The third-order valence-electron chi connectivity index (χ3n) is 5.99. The lowest BCUT2D eigenvalue weighted by Crippen LogP contribution is -2.40. The van der Waals surface area contributed by atoms with Crippen LogP contribution in [0.2, 0.25) is 0 Å². The largest absolute Gasteiger partial charge is 0.343 e. The number of pyridine rings is 1. The molecule has 1 aliphatic carbocycles. The van der Waals surface area contributed by atoms with Crippen LogP contribution in [-0.2, 0) is 10.2 Å². The minimum Gasteiger partial charge on any atom is -0.343 e. The van der Waals surface area contributed by atoms with Crippen molar-refractivity contribution in [3.05, 3.63) is 95.3 Å². The van der Waals surface area contributed by atoms with Gasteiger partial charge < -0.3 is 16.0 Å². The molecule has 4 rings (SSSR count). The zero-order chi connectivity index (χ0) is 23.6. The predicted octanol–water partition coefficient (Wildman–Crippen LogP) is 3.80. The van der Waals surface area contributed by atoms with E-state index in [0.717, 1.165) is 17.7 Å². The summed E-state index contributed by atoms with van der Waals surface area (Å²) in [6, 6.07) is 13.4. The molecule has 2 aromatic carbocycles. The number of nitrogens with one attached hydrogen (secondary N) is 1. The van der Waals surface area contributed by atoms with Gasteiger partial charge in [-0.15, -0.1) is 0 Å². The summed E-state index contributed by atoms with van der Waals surface area (Å²) in [4.78, 5) is 30.9. The van der Waals surface area contributed by atoms with Crippen LogP contribution in [-0.4, -0.2) is 35.3 Å². The lowest BCUT2D eigenvalue weighted by Gasteiger charge is -2.26. The molecule has 0 saturated heterocycles. The van der Waals surface area contributed by atoms with Crippen molar-refractivity contribution in [3.8, 4) is 0 Å². The van der Waals surface area contributed by atoms with Gasteiger partial charge in [-0.1, -0.05) is 18.2 Å². The molecule has 0 radical (unpaired) electrons. The van der Waals surface area contributed by atoms with E-state index in [-0.39, 0.29) is 18.4 Å². The van der Waals surface area contributed by atoms with Crippen molar-refractivity contribution in [3.63, 3.8) is 0 Å².